The first kappa shape index (κ1) is 14.1. The fourth-order valence-corrected chi connectivity index (χ4v) is 2.45. The topological polar surface area (TPSA) is 90.3 Å². The van der Waals surface area contributed by atoms with Gasteiger partial charge in [-0.15, -0.1) is 0 Å². The summed E-state index contributed by atoms with van der Waals surface area (Å²) in [5.74, 6) is -1.32. The van der Waals surface area contributed by atoms with Gasteiger partial charge < -0.3 is 24.7 Å². The molecule has 7 nitrogen and oxygen atoms in total. The number of amides is 2. The van der Waals surface area contributed by atoms with E-state index < -0.39 is 17.5 Å². The zero-order chi connectivity index (χ0) is 14.0. The Hall–Kier alpha value is -1.34. The highest BCUT2D eigenvalue weighted by atomic mass is 16.5. The monoisotopic (exact) mass is 272 g/mol. The Morgan fingerprint density at radius 1 is 1.37 bits per heavy atom. The molecule has 2 saturated heterocycles. The smallest absolute Gasteiger partial charge is 0.319 e. The summed E-state index contributed by atoms with van der Waals surface area (Å²) in [6.45, 7) is 1.76. The van der Waals surface area contributed by atoms with Crippen LogP contribution in [-0.4, -0.2) is 77.5 Å². The van der Waals surface area contributed by atoms with E-state index in [0.717, 1.165) is 0 Å². The van der Waals surface area contributed by atoms with Crippen molar-refractivity contribution >= 4 is 12.0 Å². The number of urea groups is 1. The summed E-state index contributed by atoms with van der Waals surface area (Å²) < 4.78 is 5.19. The van der Waals surface area contributed by atoms with Crippen LogP contribution < -0.4 is 0 Å². The van der Waals surface area contributed by atoms with Crippen molar-refractivity contribution in [3.8, 4) is 0 Å². The second kappa shape index (κ2) is 5.34. The number of nitrogens with zero attached hydrogens (tertiary/aromatic N) is 2. The van der Waals surface area contributed by atoms with Gasteiger partial charge in [-0.25, -0.2) is 4.79 Å². The molecule has 2 N–H and O–H groups in total. The number of hydrogen-bond acceptors (Lipinski definition) is 4. The van der Waals surface area contributed by atoms with Gasteiger partial charge in [0.25, 0.3) is 0 Å². The van der Waals surface area contributed by atoms with E-state index in [0.29, 0.717) is 26.1 Å². The van der Waals surface area contributed by atoms with Gasteiger partial charge in [-0.05, 0) is 0 Å². The molecule has 2 amide bonds. The van der Waals surface area contributed by atoms with E-state index in [-0.39, 0.29) is 25.7 Å². The zero-order valence-corrected chi connectivity index (χ0v) is 11.0. The minimum Gasteiger partial charge on any atom is -0.481 e. The fraction of sp³-hybridized carbons (Fsp3) is 0.833. The Balaban J connectivity index is 1.81. The maximum Gasteiger partial charge on any atom is 0.319 e. The molecule has 0 radical (unpaired) electrons. The summed E-state index contributed by atoms with van der Waals surface area (Å²) in [6, 6.07) is -0.225. The van der Waals surface area contributed by atoms with Crippen molar-refractivity contribution in [2.24, 2.45) is 5.92 Å². The predicted octanol–water partition coefficient (Wildman–Crippen LogP) is -0.404. The molecule has 0 aromatic heterocycles. The molecule has 2 aliphatic heterocycles. The van der Waals surface area contributed by atoms with Gasteiger partial charge in [-0.1, -0.05) is 0 Å². The Labute approximate surface area is 111 Å². The van der Waals surface area contributed by atoms with Crippen LogP contribution in [0.25, 0.3) is 0 Å². The number of hydrogen-bond donors (Lipinski definition) is 2. The molecular formula is C12H20N2O5. The van der Waals surface area contributed by atoms with Gasteiger partial charge in [0.2, 0.25) is 0 Å². The number of carboxylic acids is 1. The van der Waals surface area contributed by atoms with Crippen LogP contribution in [0.2, 0.25) is 0 Å². The molecule has 0 unspecified atom stereocenters. The van der Waals surface area contributed by atoms with E-state index in [2.05, 4.69) is 0 Å². The molecule has 0 aromatic rings. The molecule has 2 rings (SSSR count). The van der Waals surface area contributed by atoms with Crippen molar-refractivity contribution < 1.29 is 24.5 Å². The van der Waals surface area contributed by atoms with E-state index >= 15 is 0 Å². The lowest BCUT2D eigenvalue weighted by molar-refractivity contribution is -0.146. The van der Waals surface area contributed by atoms with Gasteiger partial charge in [0.1, 0.15) is 0 Å². The first-order valence-corrected chi connectivity index (χ1v) is 6.44. The van der Waals surface area contributed by atoms with E-state index in [4.69, 9.17) is 9.84 Å². The number of rotatable bonds is 3. The molecule has 0 atom stereocenters. The van der Waals surface area contributed by atoms with Crippen molar-refractivity contribution in [2.45, 2.75) is 18.4 Å². The highest BCUT2D eigenvalue weighted by molar-refractivity contribution is 5.79. The van der Waals surface area contributed by atoms with Crippen LogP contribution in [0.15, 0.2) is 0 Å². The molecule has 2 aliphatic rings. The molecule has 0 saturated carbocycles. The van der Waals surface area contributed by atoms with E-state index in [1.54, 1.807) is 7.05 Å². The number of likely N-dealkylation sites (N-methyl/N-ethyl adjacent to an activating group) is 1. The van der Waals surface area contributed by atoms with Crippen LogP contribution in [0, 0.1) is 5.92 Å². The second-order valence-electron chi connectivity index (χ2n) is 5.42. The average Bonchev–Trinajstić information content (AvgIpc) is 2.26. The third-order valence-electron chi connectivity index (χ3n) is 3.78. The van der Waals surface area contributed by atoms with Gasteiger partial charge in [-0.3, -0.25) is 4.79 Å². The van der Waals surface area contributed by atoms with E-state index in [9.17, 15) is 14.7 Å². The minimum absolute atomic E-state index is 0.225. The standard InChI is InChI=1S/C12H20N2O5/c1-13(8-12(18)2-4-19-5-3-12)11(17)14-6-9(7-14)10(15)16/h9,18H,2-8H2,1H3,(H,15,16). The minimum atomic E-state index is -0.889. The quantitative estimate of drug-likeness (QED) is 0.729. The Bertz CT molecular complexity index is 361. The first-order chi connectivity index (χ1) is 8.91. The van der Waals surface area contributed by atoms with Gasteiger partial charge in [0, 0.05) is 46.2 Å². The highest BCUT2D eigenvalue weighted by Gasteiger charge is 2.39. The maximum atomic E-state index is 12.0. The molecule has 0 aromatic carbocycles. The number of carbonyl (C=O) groups is 2. The molecule has 19 heavy (non-hydrogen) atoms. The molecule has 0 bridgehead atoms. The maximum absolute atomic E-state index is 12.0. The van der Waals surface area contributed by atoms with Crippen molar-refractivity contribution in [1.29, 1.82) is 0 Å². The fourth-order valence-electron chi connectivity index (χ4n) is 2.45. The highest BCUT2D eigenvalue weighted by Crippen LogP contribution is 2.23. The van der Waals surface area contributed by atoms with Gasteiger partial charge in [-0.2, -0.15) is 0 Å². The number of carbonyl (C=O) groups excluding carboxylic acids is 1. The van der Waals surface area contributed by atoms with Crippen LogP contribution in [-0.2, 0) is 9.53 Å². The molecule has 7 heteroatoms. The summed E-state index contributed by atoms with van der Waals surface area (Å²) >= 11 is 0. The first-order valence-electron chi connectivity index (χ1n) is 6.44. The Morgan fingerprint density at radius 2 is 1.95 bits per heavy atom. The van der Waals surface area contributed by atoms with E-state index in [1.807, 2.05) is 0 Å². The van der Waals surface area contributed by atoms with Crippen LogP contribution in [0.3, 0.4) is 0 Å². The molecule has 0 spiro atoms. The van der Waals surface area contributed by atoms with Crippen molar-refractivity contribution in [3.05, 3.63) is 0 Å². The molecule has 108 valence electrons. The van der Waals surface area contributed by atoms with Crippen LogP contribution in [0.5, 0.6) is 0 Å². The molecule has 2 fully saturated rings. The predicted molar refractivity (Wildman–Crippen MR) is 65.7 cm³/mol. The van der Waals surface area contributed by atoms with Crippen molar-refractivity contribution in [3.63, 3.8) is 0 Å². The second-order valence-corrected chi connectivity index (χ2v) is 5.42. The summed E-state index contributed by atoms with van der Waals surface area (Å²) in [4.78, 5) is 25.7. The van der Waals surface area contributed by atoms with Crippen LogP contribution >= 0.6 is 0 Å². The number of ether oxygens (including phenoxy) is 1. The Kier molecular flexibility index (Phi) is 3.96. The van der Waals surface area contributed by atoms with Crippen LogP contribution in [0.1, 0.15) is 12.8 Å². The zero-order valence-electron chi connectivity index (χ0n) is 11.0. The van der Waals surface area contributed by atoms with Gasteiger partial charge in [0.15, 0.2) is 0 Å². The summed E-state index contributed by atoms with van der Waals surface area (Å²) in [5.41, 5.74) is -0.889. The third-order valence-corrected chi connectivity index (χ3v) is 3.78. The van der Waals surface area contributed by atoms with Gasteiger partial charge >= 0.3 is 12.0 Å². The van der Waals surface area contributed by atoms with Crippen molar-refractivity contribution in [2.75, 3.05) is 39.9 Å². The van der Waals surface area contributed by atoms with Crippen LogP contribution in [0.4, 0.5) is 4.79 Å². The summed E-state index contributed by atoms with van der Waals surface area (Å²) in [7, 11) is 1.63. The third kappa shape index (κ3) is 3.16. The largest absolute Gasteiger partial charge is 0.481 e. The SMILES string of the molecule is CN(CC1(O)CCOCC1)C(=O)N1CC(C(=O)O)C1. The molecular weight excluding hydrogens is 252 g/mol. The number of carboxylic acid groups (broad SMARTS) is 1. The van der Waals surface area contributed by atoms with Gasteiger partial charge in [0.05, 0.1) is 18.1 Å². The lowest BCUT2D eigenvalue weighted by Crippen LogP contribution is -2.58. The lowest BCUT2D eigenvalue weighted by atomic mass is 9.94. The van der Waals surface area contributed by atoms with Crippen molar-refractivity contribution in [1.82, 2.24) is 9.80 Å². The number of aliphatic hydroxyl groups is 1. The Morgan fingerprint density at radius 3 is 2.47 bits per heavy atom. The molecule has 2 heterocycles. The number of aliphatic carboxylic acids is 1. The summed E-state index contributed by atoms with van der Waals surface area (Å²) in [6.07, 6.45) is 1.03. The number of likely N-dealkylation sites (tertiary alicyclic amines) is 1. The van der Waals surface area contributed by atoms with E-state index in [1.165, 1.54) is 9.80 Å². The summed E-state index contributed by atoms with van der Waals surface area (Å²) in [5, 5.41) is 19.1. The lowest BCUT2D eigenvalue weighted by Gasteiger charge is -2.41. The average molecular weight is 272 g/mol. The normalized spacial score (nSPS) is 22.7. The molecule has 0 aliphatic carbocycles.